The number of alkyl halides is 1. The number of carbonyl (C=O) groups is 1. The third-order valence-corrected chi connectivity index (χ3v) is 2.86. The van der Waals surface area contributed by atoms with E-state index in [1.165, 1.54) is 12.4 Å². The number of aromatic nitrogens is 2. The zero-order chi connectivity index (χ0) is 13.5. The van der Waals surface area contributed by atoms with Crippen LogP contribution in [0.1, 0.15) is 15.9 Å². The summed E-state index contributed by atoms with van der Waals surface area (Å²) in [6, 6.07) is 11.5. The zero-order valence-electron chi connectivity index (χ0n) is 10.4. The molecule has 1 aromatic carbocycles. The van der Waals surface area contributed by atoms with Crippen molar-refractivity contribution in [3.8, 4) is 0 Å². The summed E-state index contributed by atoms with van der Waals surface area (Å²) < 4.78 is 0. The fourth-order valence-corrected chi connectivity index (χ4v) is 1.96. The molecular formula is C14H14ClN3O. The van der Waals surface area contributed by atoms with E-state index in [0.717, 1.165) is 5.56 Å². The summed E-state index contributed by atoms with van der Waals surface area (Å²) in [6.07, 6.45) is 2.98. The smallest absolute Gasteiger partial charge is 0.255 e. The maximum absolute atomic E-state index is 12.3. The van der Waals surface area contributed by atoms with Gasteiger partial charge in [0.25, 0.3) is 5.91 Å². The van der Waals surface area contributed by atoms with Crippen molar-refractivity contribution < 1.29 is 4.79 Å². The van der Waals surface area contributed by atoms with E-state index in [4.69, 9.17) is 11.6 Å². The number of nitrogens with zero attached hydrogens (tertiary/aromatic N) is 3. The second-order valence-corrected chi connectivity index (χ2v) is 4.41. The number of rotatable bonds is 5. The molecule has 0 atom stereocenters. The van der Waals surface area contributed by atoms with E-state index in [-0.39, 0.29) is 5.91 Å². The molecule has 19 heavy (non-hydrogen) atoms. The first-order valence-electron chi connectivity index (χ1n) is 5.97. The van der Waals surface area contributed by atoms with Crippen molar-refractivity contribution in [2.45, 2.75) is 6.54 Å². The minimum atomic E-state index is -0.0839. The molecule has 1 amide bonds. The van der Waals surface area contributed by atoms with Crippen molar-refractivity contribution in [1.82, 2.24) is 15.1 Å². The molecule has 0 aliphatic rings. The van der Waals surface area contributed by atoms with Crippen molar-refractivity contribution >= 4 is 17.5 Å². The topological polar surface area (TPSA) is 46.1 Å². The van der Waals surface area contributed by atoms with E-state index < -0.39 is 0 Å². The molecule has 0 N–H and O–H groups in total. The van der Waals surface area contributed by atoms with Gasteiger partial charge in [0.2, 0.25) is 0 Å². The Labute approximate surface area is 117 Å². The first-order chi connectivity index (χ1) is 9.31. The van der Waals surface area contributed by atoms with E-state index in [9.17, 15) is 4.79 Å². The number of amides is 1. The molecule has 4 nitrogen and oxygen atoms in total. The van der Waals surface area contributed by atoms with E-state index >= 15 is 0 Å². The van der Waals surface area contributed by atoms with E-state index in [2.05, 4.69) is 10.2 Å². The van der Waals surface area contributed by atoms with Crippen LogP contribution in [0.2, 0.25) is 0 Å². The highest BCUT2D eigenvalue weighted by atomic mass is 35.5. The van der Waals surface area contributed by atoms with Gasteiger partial charge in [0.1, 0.15) is 0 Å². The van der Waals surface area contributed by atoms with Crippen molar-refractivity contribution in [2.75, 3.05) is 12.4 Å². The number of hydrogen-bond acceptors (Lipinski definition) is 3. The van der Waals surface area contributed by atoms with Gasteiger partial charge in [0.05, 0.1) is 18.0 Å². The third-order valence-electron chi connectivity index (χ3n) is 2.69. The normalized spacial score (nSPS) is 10.2. The maximum Gasteiger partial charge on any atom is 0.255 e. The van der Waals surface area contributed by atoms with Crippen LogP contribution < -0.4 is 0 Å². The first kappa shape index (κ1) is 13.5. The van der Waals surface area contributed by atoms with Crippen LogP contribution in [0.15, 0.2) is 48.8 Å². The molecule has 0 saturated heterocycles. The lowest BCUT2D eigenvalue weighted by molar-refractivity contribution is 0.0753. The van der Waals surface area contributed by atoms with Gasteiger partial charge in [-0.15, -0.1) is 11.6 Å². The van der Waals surface area contributed by atoms with Gasteiger partial charge in [-0.1, -0.05) is 30.3 Å². The molecule has 2 aromatic rings. The van der Waals surface area contributed by atoms with Gasteiger partial charge in [0.15, 0.2) is 0 Å². The van der Waals surface area contributed by atoms with Gasteiger partial charge in [-0.3, -0.25) is 4.79 Å². The molecule has 0 unspecified atom stereocenters. The maximum atomic E-state index is 12.3. The van der Waals surface area contributed by atoms with E-state index in [0.29, 0.717) is 24.5 Å². The third kappa shape index (κ3) is 3.76. The van der Waals surface area contributed by atoms with Crippen molar-refractivity contribution in [1.29, 1.82) is 0 Å². The average Bonchev–Trinajstić information content (AvgIpc) is 2.48. The predicted molar refractivity (Wildman–Crippen MR) is 73.9 cm³/mol. The van der Waals surface area contributed by atoms with Crippen LogP contribution in [0, 0.1) is 0 Å². The Morgan fingerprint density at radius 1 is 1.16 bits per heavy atom. The van der Waals surface area contributed by atoms with Crippen LogP contribution in [0.25, 0.3) is 0 Å². The molecule has 1 aromatic heterocycles. The molecule has 0 radical (unpaired) electrons. The molecule has 0 bridgehead atoms. The average molecular weight is 276 g/mol. The summed E-state index contributed by atoms with van der Waals surface area (Å²) in [6.45, 7) is 1.03. The second kappa shape index (κ2) is 6.85. The summed E-state index contributed by atoms with van der Waals surface area (Å²) in [4.78, 5) is 14.0. The number of halogens is 1. The van der Waals surface area contributed by atoms with Crippen LogP contribution in [-0.4, -0.2) is 33.4 Å². The standard InChI is InChI=1S/C14H14ClN3O/c15-7-9-18(11-12-4-2-1-3-5-12)14(19)13-6-8-16-17-10-13/h1-6,8,10H,7,9,11H2. The summed E-state index contributed by atoms with van der Waals surface area (Å²) >= 11 is 5.77. The molecule has 0 aliphatic carbocycles. The summed E-state index contributed by atoms with van der Waals surface area (Å²) in [5.74, 6) is 0.316. The number of hydrogen-bond donors (Lipinski definition) is 0. The molecule has 2 rings (SSSR count). The molecule has 1 heterocycles. The van der Waals surface area contributed by atoms with Gasteiger partial charge in [0, 0.05) is 19.0 Å². The van der Waals surface area contributed by atoms with Crippen LogP contribution >= 0.6 is 11.6 Å². The first-order valence-corrected chi connectivity index (χ1v) is 6.50. The monoisotopic (exact) mass is 275 g/mol. The Morgan fingerprint density at radius 2 is 1.95 bits per heavy atom. The van der Waals surface area contributed by atoms with Crippen molar-refractivity contribution in [3.05, 3.63) is 59.9 Å². The lowest BCUT2D eigenvalue weighted by Gasteiger charge is -2.21. The molecule has 0 fully saturated rings. The SMILES string of the molecule is O=C(c1ccnnc1)N(CCCl)Cc1ccccc1. The number of benzene rings is 1. The largest absolute Gasteiger partial charge is 0.333 e. The van der Waals surface area contributed by atoms with Crippen LogP contribution in [0.5, 0.6) is 0 Å². The van der Waals surface area contributed by atoms with Crippen LogP contribution in [-0.2, 0) is 6.54 Å². The zero-order valence-corrected chi connectivity index (χ0v) is 11.1. The summed E-state index contributed by atoms with van der Waals surface area (Å²) in [5.41, 5.74) is 1.60. The molecule has 98 valence electrons. The molecular weight excluding hydrogens is 262 g/mol. The highest BCUT2D eigenvalue weighted by Crippen LogP contribution is 2.09. The van der Waals surface area contributed by atoms with Gasteiger partial charge < -0.3 is 4.90 Å². The second-order valence-electron chi connectivity index (χ2n) is 4.03. The minimum Gasteiger partial charge on any atom is -0.333 e. The van der Waals surface area contributed by atoms with Gasteiger partial charge in [-0.2, -0.15) is 10.2 Å². The molecule has 5 heteroatoms. The highest BCUT2D eigenvalue weighted by Gasteiger charge is 2.15. The Hall–Kier alpha value is -1.94. The van der Waals surface area contributed by atoms with E-state index in [1.54, 1.807) is 11.0 Å². The fourth-order valence-electron chi connectivity index (χ4n) is 1.76. The predicted octanol–water partition coefficient (Wildman–Crippen LogP) is 2.36. The number of carbonyl (C=O) groups excluding carboxylic acids is 1. The minimum absolute atomic E-state index is 0.0839. The molecule has 0 aliphatic heterocycles. The van der Waals surface area contributed by atoms with Gasteiger partial charge >= 0.3 is 0 Å². The Bertz CT molecular complexity index is 519. The van der Waals surface area contributed by atoms with E-state index in [1.807, 2.05) is 30.3 Å². The summed E-state index contributed by atoms with van der Waals surface area (Å²) in [7, 11) is 0. The quantitative estimate of drug-likeness (QED) is 0.787. The Balaban J connectivity index is 2.14. The fraction of sp³-hybridized carbons (Fsp3) is 0.214. The van der Waals surface area contributed by atoms with Crippen LogP contribution in [0.4, 0.5) is 0 Å². The molecule has 0 saturated carbocycles. The van der Waals surface area contributed by atoms with Gasteiger partial charge in [-0.25, -0.2) is 0 Å². The highest BCUT2D eigenvalue weighted by molar-refractivity contribution is 6.18. The molecule has 0 spiro atoms. The van der Waals surface area contributed by atoms with Gasteiger partial charge in [-0.05, 0) is 11.6 Å². The lowest BCUT2D eigenvalue weighted by Crippen LogP contribution is -2.32. The lowest BCUT2D eigenvalue weighted by atomic mass is 10.2. The Kier molecular flexibility index (Phi) is 4.86. The van der Waals surface area contributed by atoms with Crippen molar-refractivity contribution in [2.24, 2.45) is 0 Å². The summed E-state index contributed by atoms with van der Waals surface area (Å²) in [5, 5.41) is 7.40. The van der Waals surface area contributed by atoms with Crippen molar-refractivity contribution in [3.63, 3.8) is 0 Å². The Morgan fingerprint density at radius 3 is 2.58 bits per heavy atom. The van der Waals surface area contributed by atoms with Crippen LogP contribution in [0.3, 0.4) is 0 Å².